The molecule has 1 aliphatic heterocycles. The van der Waals surface area contributed by atoms with Crippen molar-refractivity contribution in [3.8, 4) is 5.75 Å². The minimum atomic E-state index is -4.89. The molecule has 202 valence electrons. The fourth-order valence-corrected chi connectivity index (χ4v) is 6.58. The van der Waals surface area contributed by atoms with Crippen LogP contribution < -0.4 is 9.46 Å². The first-order valence-corrected chi connectivity index (χ1v) is 13.5. The summed E-state index contributed by atoms with van der Waals surface area (Å²) in [6.45, 7) is 0.250. The molecule has 38 heavy (non-hydrogen) atoms. The number of fused-ring (bicyclic) bond motifs is 2. The van der Waals surface area contributed by atoms with Crippen LogP contribution in [0.2, 0.25) is 0 Å². The number of ether oxygens (including phenoxy) is 2. The molecule has 2 unspecified atom stereocenters. The van der Waals surface area contributed by atoms with E-state index in [-0.39, 0.29) is 35.5 Å². The molecule has 5 nitrogen and oxygen atoms in total. The topological polar surface area (TPSA) is 64.6 Å². The van der Waals surface area contributed by atoms with Crippen molar-refractivity contribution < 1.29 is 39.8 Å². The molecule has 11 heteroatoms. The van der Waals surface area contributed by atoms with Gasteiger partial charge in [-0.15, -0.1) is 13.2 Å². The van der Waals surface area contributed by atoms with Crippen molar-refractivity contribution in [2.24, 2.45) is 0 Å². The predicted molar refractivity (Wildman–Crippen MR) is 128 cm³/mol. The second-order valence-corrected chi connectivity index (χ2v) is 11.1. The highest BCUT2D eigenvalue weighted by Gasteiger charge is 2.37. The third kappa shape index (κ3) is 5.84. The van der Waals surface area contributed by atoms with Crippen molar-refractivity contribution in [2.75, 3.05) is 6.61 Å². The lowest BCUT2D eigenvalue weighted by Gasteiger charge is -2.36. The van der Waals surface area contributed by atoms with Crippen molar-refractivity contribution in [2.45, 2.75) is 55.0 Å². The Bertz CT molecular complexity index is 1370. The fourth-order valence-electron chi connectivity index (χ4n) is 5.30. The summed E-state index contributed by atoms with van der Waals surface area (Å²) in [5.41, 5.74) is 3.29. The second kappa shape index (κ2) is 10.3. The zero-order valence-electron chi connectivity index (χ0n) is 20.0. The van der Waals surface area contributed by atoms with Crippen molar-refractivity contribution in [3.05, 3.63) is 94.6 Å². The van der Waals surface area contributed by atoms with E-state index in [0.717, 1.165) is 46.5 Å². The molecule has 1 heterocycles. The van der Waals surface area contributed by atoms with Crippen LogP contribution in [0.5, 0.6) is 5.75 Å². The Balaban J connectivity index is 1.39. The number of sulfonamides is 1. The molecule has 1 saturated heterocycles. The average Bonchev–Trinajstić information content (AvgIpc) is 2.99. The van der Waals surface area contributed by atoms with Crippen LogP contribution in [0, 0.1) is 11.6 Å². The molecule has 5 rings (SSSR count). The van der Waals surface area contributed by atoms with Crippen LogP contribution in [0.3, 0.4) is 0 Å². The summed E-state index contributed by atoms with van der Waals surface area (Å²) in [5, 5.41) is 0. The highest BCUT2D eigenvalue weighted by molar-refractivity contribution is 7.89. The first-order valence-electron chi connectivity index (χ1n) is 12.0. The largest absolute Gasteiger partial charge is 0.573 e. The summed E-state index contributed by atoms with van der Waals surface area (Å²) < 4.78 is 104. The minimum Gasteiger partial charge on any atom is -0.406 e. The van der Waals surface area contributed by atoms with Crippen molar-refractivity contribution >= 4 is 10.0 Å². The molecule has 0 spiro atoms. The van der Waals surface area contributed by atoms with Crippen molar-refractivity contribution in [1.82, 2.24) is 4.72 Å². The first-order chi connectivity index (χ1) is 18.0. The summed E-state index contributed by atoms with van der Waals surface area (Å²) in [4.78, 5) is -0.203. The summed E-state index contributed by atoms with van der Waals surface area (Å²) in [7, 11) is -4.06. The Morgan fingerprint density at radius 1 is 0.868 bits per heavy atom. The van der Waals surface area contributed by atoms with Gasteiger partial charge in [-0.1, -0.05) is 12.1 Å². The normalized spacial score (nSPS) is 20.3. The number of halogens is 5. The van der Waals surface area contributed by atoms with E-state index in [2.05, 4.69) is 9.46 Å². The monoisotopic (exact) mass is 553 g/mol. The molecule has 1 N–H and O–H groups in total. The summed E-state index contributed by atoms with van der Waals surface area (Å²) in [6, 6.07) is 12.5. The SMILES string of the molecule is O=S(=O)(NC1CCOC(C2c3ccc(F)cc3CCc3cc(F)ccc32)C1)c1ccc(OC(F)(F)F)cc1. The molecule has 2 aliphatic rings. The summed E-state index contributed by atoms with van der Waals surface area (Å²) >= 11 is 0. The van der Waals surface area contributed by atoms with E-state index in [1.54, 1.807) is 12.1 Å². The van der Waals surface area contributed by atoms with Crippen LogP contribution in [0.15, 0.2) is 65.6 Å². The number of nitrogens with one attached hydrogen (secondary N) is 1. The molecule has 1 fully saturated rings. The number of aryl methyl sites for hydroxylation is 2. The van der Waals surface area contributed by atoms with Crippen LogP contribution >= 0.6 is 0 Å². The van der Waals surface area contributed by atoms with E-state index in [1.807, 2.05) is 0 Å². The van der Waals surface area contributed by atoms with Crippen LogP contribution in [-0.4, -0.2) is 33.5 Å². The van der Waals surface area contributed by atoms with Crippen LogP contribution in [0.25, 0.3) is 0 Å². The zero-order chi connectivity index (χ0) is 27.1. The smallest absolute Gasteiger partial charge is 0.406 e. The Kier molecular flexibility index (Phi) is 7.19. The van der Waals surface area contributed by atoms with Gasteiger partial charge in [-0.05, 0) is 96.5 Å². The van der Waals surface area contributed by atoms with Gasteiger partial charge in [0.2, 0.25) is 10.0 Å². The molecule has 0 bridgehead atoms. The van der Waals surface area contributed by atoms with E-state index < -0.39 is 34.3 Å². The van der Waals surface area contributed by atoms with E-state index in [1.165, 1.54) is 24.3 Å². The molecule has 0 aromatic heterocycles. The Labute approximate surface area is 216 Å². The standard InChI is InChI=1S/C27H24F5NO4S/c28-18-3-9-23-16(13-18)1-2-17-14-19(29)4-10-24(17)26(23)25-15-20(11-12-36-25)33-38(34,35)22-7-5-21(6-8-22)37-27(30,31)32/h3-10,13-14,20,25-26,33H,1-2,11-12,15H2. The maximum absolute atomic E-state index is 14.1. The molecule has 1 aliphatic carbocycles. The van der Waals surface area contributed by atoms with Gasteiger partial charge in [-0.3, -0.25) is 0 Å². The summed E-state index contributed by atoms with van der Waals surface area (Å²) in [5.74, 6) is -1.64. The molecule has 3 aromatic rings. The van der Waals surface area contributed by atoms with Gasteiger partial charge in [0.25, 0.3) is 0 Å². The molecule has 0 amide bonds. The maximum Gasteiger partial charge on any atom is 0.573 e. The average molecular weight is 554 g/mol. The second-order valence-electron chi connectivity index (χ2n) is 9.43. The quantitative estimate of drug-likeness (QED) is 0.417. The van der Waals surface area contributed by atoms with Gasteiger partial charge < -0.3 is 9.47 Å². The molecule has 0 radical (unpaired) electrons. The highest BCUT2D eigenvalue weighted by atomic mass is 32.2. The first kappa shape index (κ1) is 26.6. The van der Waals surface area contributed by atoms with Crippen LogP contribution in [-0.2, 0) is 27.6 Å². The lowest BCUT2D eigenvalue weighted by molar-refractivity contribution is -0.274. The Morgan fingerprint density at radius 2 is 1.45 bits per heavy atom. The molecule has 2 atom stereocenters. The predicted octanol–water partition coefficient (Wildman–Crippen LogP) is 5.62. The van der Waals surface area contributed by atoms with Gasteiger partial charge >= 0.3 is 6.36 Å². The number of hydrogen-bond donors (Lipinski definition) is 1. The summed E-state index contributed by atoms with van der Waals surface area (Å²) in [6.07, 6.45) is -3.65. The van der Waals surface area contributed by atoms with Gasteiger partial charge in [0, 0.05) is 18.6 Å². The zero-order valence-corrected chi connectivity index (χ0v) is 20.8. The number of benzene rings is 3. The molecular formula is C27H24F5NO4S. The van der Waals surface area contributed by atoms with E-state index in [9.17, 15) is 30.4 Å². The van der Waals surface area contributed by atoms with Gasteiger partial charge in [0.15, 0.2) is 0 Å². The van der Waals surface area contributed by atoms with Crippen molar-refractivity contribution in [3.63, 3.8) is 0 Å². The van der Waals surface area contributed by atoms with E-state index >= 15 is 0 Å². The molecular weight excluding hydrogens is 529 g/mol. The van der Waals surface area contributed by atoms with Gasteiger partial charge in [-0.25, -0.2) is 21.9 Å². The number of alkyl halides is 3. The van der Waals surface area contributed by atoms with Crippen LogP contribution in [0.1, 0.15) is 41.0 Å². The number of rotatable bonds is 5. The van der Waals surface area contributed by atoms with Crippen LogP contribution in [0.4, 0.5) is 22.0 Å². The highest BCUT2D eigenvalue weighted by Crippen LogP contribution is 2.41. The van der Waals surface area contributed by atoms with E-state index in [0.29, 0.717) is 19.3 Å². The van der Waals surface area contributed by atoms with E-state index in [4.69, 9.17) is 4.74 Å². The third-order valence-electron chi connectivity index (χ3n) is 6.92. The van der Waals surface area contributed by atoms with Gasteiger partial charge in [0.1, 0.15) is 17.4 Å². The maximum atomic E-state index is 14.1. The Hall–Kier alpha value is -3.02. The molecule has 0 saturated carbocycles. The molecule has 3 aromatic carbocycles. The van der Waals surface area contributed by atoms with Crippen molar-refractivity contribution in [1.29, 1.82) is 0 Å². The fraction of sp³-hybridized carbons (Fsp3) is 0.333. The minimum absolute atomic E-state index is 0.203. The lowest BCUT2D eigenvalue weighted by Crippen LogP contribution is -2.44. The Morgan fingerprint density at radius 3 is 2.00 bits per heavy atom. The number of hydrogen-bond acceptors (Lipinski definition) is 4. The van der Waals surface area contributed by atoms with Gasteiger partial charge in [-0.2, -0.15) is 0 Å². The van der Waals surface area contributed by atoms with Gasteiger partial charge in [0.05, 0.1) is 11.0 Å². The lowest BCUT2D eigenvalue weighted by atomic mass is 9.80. The third-order valence-corrected chi connectivity index (χ3v) is 8.46.